The second-order valence-electron chi connectivity index (χ2n) is 7.73. The molecule has 4 aromatic carbocycles. The first-order valence-corrected chi connectivity index (χ1v) is 12.1. The van der Waals surface area contributed by atoms with Gasteiger partial charge < -0.3 is 0 Å². The van der Waals surface area contributed by atoms with Crippen LogP contribution < -0.4 is 0 Å². The van der Waals surface area contributed by atoms with Crippen molar-refractivity contribution in [1.82, 2.24) is 4.98 Å². The Bertz CT molecular complexity index is 1550. The molecule has 0 aliphatic carbocycles. The van der Waals surface area contributed by atoms with Gasteiger partial charge in [0.1, 0.15) is 0 Å². The van der Waals surface area contributed by atoms with E-state index in [1.165, 1.54) is 37.0 Å². The van der Waals surface area contributed by atoms with Crippen LogP contribution in [0.5, 0.6) is 0 Å². The lowest BCUT2D eigenvalue weighted by atomic mass is 9.95. The Kier molecular flexibility index (Phi) is 4.86. The number of rotatable bonds is 3. The molecule has 0 saturated heterocycles. The quantitative estimate of drug-likeness (QED) is 0.240. The van der Waals surface area contributed by atoms with Crippen LogP contribution in [0.4, 0.5) is 0 Å². The van der Waals surface area contributed by atoms with Crippen LogP contribution in [0.15, 0.2) is 114 Å². The molecule has 152 valence electrons. The lowest BCUT2D eigenvalue weighted by Crippen LogP contribution is -1.89. The van der Waals surface area contributed by atoms with Crippen LogP contribution in [0.2, 0.25) is 0 Å². The van der Waals surface area contributed by atoms with E-state index in [2.05, 4.69) is 125 Å². The first kappa shape index (κ1) is 19.4. The van der Waals surface area contributed by atoms with Crippen molar-refractivity contribution in [2.75, 3.05) is 0 Å². The topological polar surface area (TPSA) is 12.9 Å². The van der Waals surface area contributed by atoms with Gasteiger partial charge in [-0.15, -0.1) is 11.3 Å². The summed E-state index contributed by atoms with van der Waals surface area (Å²) in [6.07, 6.45) is 0. The van der Waals surface area contributed by atoms with Crippen molar-refractivity contribution in [3.63, 3.8) is 0 Å². The second-order valence-corrected chi connectivity index (χ2v) is 9.66. The lowest BCUT2D eigenvalue weighted by Gasteiger charge is -2.11. The third-order valence-electron chi connectivity index (χ3n) is 5.74. The predicted molar refractivity (Wildman–Crippen MR) is 141 cm³/mol. The molecule has 0 spiro atoms. The molecule has 32 heavy (non-hydrogen) atoms. The zero-order valence-electron chi connectivity index (χ0n) is 17.1. The summed E-state index contributed by atoms with van der Waals surface area (Å²) in [7, 11) is 0. The van der Waals surface area contributed by atoms with Gasteiger partial charge in [0, 0.05) is 35.9 Å². The van der Waals surface area contributed by atoms with Crippen molar-refractivity contribution in [3.05, 3.63) is 114 Å². The van der Waals surface area contributed by atoms with Crippen LogP contribution in [-0.4, -0.2) is 4.98 Å². The summed E-state index contributed by atoms with van der Waals surface area (Å²) in [5.41, 5.74) is 6.89. The van der Waals surface area contributed by atoms with E-state index in [1.54, 1.807) is 0 Å². The number of pyridine rings is 1. The number of fused-ring (bicyclic) bond motifs is 3. The average Bonchev–Trinajstić information content (AvgIpc) is 3.26. The van der Waals surface area contributed by atoms with Crippen LogP contribution in [0.1, 0.15) is 0 Å². The Morgan fingerprint density at radius 1 is 0.594 bits per heavy atom. The number of nitrogens with zero attached hydrogens (tertiary/aromatic N) is 1. The van der Waals surface area contributed by atoms with E-state index >= 15 is 0 Å². The lowest BCUT2D eigenvalue weighted by molar-refractivity contribution is 1.43. The van der Waals surface area contributed by atoms with Crippen LogP contribution >= 0.6 is 27.3 Å². The number of benzene rings is 4. The fourth-order valence-electron chi connectivity index (χ4n) is 4.28. The number of hydrogen-bond acceptors (Lipinski definition) is 2. The Morgan fingerprint density at radius 3 is 1.94 bits per heavy atom. The molecule has 6 rings (SSSR count). The fraction of sp³-hybridized carbons (Fsp3) is 0. The molecule has 0 N–H and O–H groups in total. The van der Waals surface area contributed by atoms with Crippen LogP contribution in [0.3, 0.4) is 0 Å². The summed E-state index contributed by atoms with van der Waals surface area (Å²) in [4.78, 5) is 6.47. The third-order valence-corrected chi connectivity index (χ3v) is 7.54. The monoisotopic (exact) mass is 491 g/mol. The molecule has 0 radical (unpaired) electrons. The Labute approximate surface area is 199 Å². The minimum absolute atomic E-state index is 1.03. The maximum atomic E-state index is 5.19. The molecule has 0 aliphatic heterocycles. The normalized spacial score (nSPS) is 11.3. The van der Waals surface area contributed by atoms with Gasteiger partial charge in [-0.25, -0.2) is 4.98 Å². The standard InChI is InChI=1S/C29H18BrNS/c30-22-17-15-20(16-18-22)27-26-25(19-9-3-1-4-10-19)28(21-11-5-2-6-12-21)32-29(26)23-13-7-8-14-24(23)31-27/h1-18H. The molecule has 3 heteroatoms. The van der Waals surface area contributed by atoms with Gasteiger partial charge in [0.15, 0.2) is 0 Å². The number of aromatic nitrogens is 1. The Hall–Kier alpha value is -3.27. The number of halogens is 1. The van der Waals surface area contributed by atoms with E-state index < -0.39 is 0 Å². The molecule has 0 saturated carbocycles. The summed E-state index contributed by atoms with van der Waals surface area (Å²) in [6.45, 7) is 0. The molecule has 2 heterocycles. The molecule has 6 aromatic rings. The largest absolute Gasteiger partial charge is 0.247 e. The first-order chi connectivity index (χ1) is 15.8. The van der Waals surface area contributed by atoms with Crippen LogP contribution in [-0.2, 0) is 0 Å². The first-order valence-electron chi connectivity index (χ1n) is 10.5. The highest BCUT2D eigenvalue weighted by molar-refractivity contribution is 9.10. The minimum atomic E-state index is 1.03. The van der Waals surface area contributed by atoms with Crippen LogP contribution in [0.25, 0.3) is 53.8 Å². The van der Waals surface area contributed by atoms with E-state index in [-0.39, 0.29) is 0 Å². The average molecular weight is 492 g/mol. The molecular formula is C29H18BrNS. The summed E-state index contributed by atoms with van der Waals surface area (Å²) < 4.78 is 2.35. The Balaban J connectivity index is 1.81. The molecule has 0 fully saturated rings. The predicted octanol–water partition coefficient (Wildman–Crippen LogP) is 9.21. The molecular weight excluding hydrogens is 474 g/mol. The van der Waals surface area contributed by atoms with Gasteiger partial charge in [-0.2, -0.15) is 0 Å². The van der Waals surface area contributed by atoms with Gasteiger partial charge in [-0.1, -0.05) is 107 Å². The Morgan fingerprint density at radius 2 is 1.22 bits per heavy atom. The van der Waals surface area contributed by atoms with Crippen LogP contribution in [0, 0.1) is 0 Å². The zero-order valence-corrected chi connectivity index (χ0v) is 19.5. The molecule has 0 bridgehead atoms. The van der Waals surface area contributed by atoms with Gasteiger partial charge in [-0.05, 0) is 29.3 Å². The molecule has 0 amide bonds. The third kappa shape index (κ3) is 3.26. The smallest absolute Gasteiger partial charge is 0.0803 e. The number of hydrogen-bond donors (Lipinski definition) is 0. The van der Waals surface area contributed by atoms with E-state index in [0.717, 1.165) is 21.2 Å². The highest BCUT2D eigenvalue weighted by Crippen LogP contribution is 2.49. The van der Waals surface area contributed by atoms with E-state index in [0.29, 0.717) is 0 Å². The van der Waals surface area contributed by atoms with Crippen molar-refractivity contribution in [3.8, 4) is 32.8 Å². The van der Waals surface area contributed by atoms with Crippen molar-refractivity contribution in [2.45, 2.75) is 0 Å². The van der Waals surface area contributed by atoms with Crippen molar-refractivity contribution >= 4 is 48.3 Å². The van der Waals surface area contributed by atoms with Gasteiger partial charge in [0.05, 0.1) is 11.2 Å². The fourth-order valence-corrected chi connectivity index (χ4v) is 5.90. The zero-order chi connectivity index (χ0) is 21.5. The molecule has 2 aromatic heterocycles. The van der Waals surface area contributed by atoms with E-state index in [1.807, 2.05) is 11.3 Å². The molecule has 0 atom stereocenters. The summed E-state index contributed by atoms with van der Waals surface area (Å²) in [6, 6.07) is 38.3. The van der Waals surface area contributed by atoms with Gasteiger partial charge >= 0.3 is 0 Å². The highest BCUT2D eigenvalue weighted by atomic mass is 79.9. The number of para-hydroxylation sites is 1. The van der Waals surface area contributed by atoms with Gasteiger partial charge in [-0.3, -0.25) is 0 Å². The van der Waals surface area contributed by atoms with E-state index in [9.17, 15) is 0 Å². The SMILES string of the molecule is Brc1ccc(-c2nc3ccccc3c3sc(-c4ccccc4)c(-c4ccccc4)c23)cc1. The summed E-state index contributed by atoms with van der Waals surface area (Å²) >= 11 is 5.44. The van der Waals surface area contributed by atoms with Gasteiger partial charge in [0.25, 0.3) is 0 Å². The molecule has 1 nitrogen and oxygen atoms in total. The highest BCUT2D eigenvalue weighted by Gasteiger charge is 2.22. The van der Waals surface area contributed by atoms with Gasteiger partial charge in [0.2, 0.25) is 0 Å². The minimum Gasteiger partial charge on any atom is -0.247 e. The second kappa shape index (κ2) is 8.01. The number of thiophene rings is 1. The maximum Gasteiger partial charge on any atom is 0.0803 e. The van der Waals surface area contributed by atoms with Crippen molar-refractivity contribution < 1.29 is 0 Å². The van der Waals surface area contributed by atoms with E-state index in [4.69, 9.17) is 4.98 Å². The van der Waals surface area contributed by atoms with Crippen molar-refractivity contribution in [2.24, 2.45) is 0 Å². The molecule has 0 unspecified atom stereocenters. The molecule has 0 aliphatic rings. The summed E-state index contributed by atoms with van der Waals surface area (Å²) in [5.74, 6) is 0. The summed E-state index contributed by atoms with van der Waals surface area (Å²) in [5, 5.41) is 2.42. The van der Waals surface area contributed by atoms with Crippen molar-refractivity contribution in [1.29, 1.82) is 0 Å². The maximum absolute atomic E-state index is 5.19.